The maximum Gasteiger partial charge on any atom is 0.228 e. The molecule has 0 radical (unpaired) electrons. The molecule has 7 heteroatoms. The number of aromatic nitrogens is 1. The third-order valence-electron chi connectivity index (χ3n) is 4.46. The number of morpholine rings is 1. The van der Waals surface area contributed by atoms with Crippen LogP contribution in [0, 0.1) is 5.82 Å². The molecule has 4 rings (SSSR count). The van der Waals surface area contributed by atoms with Gasteiger partial charge in [-0.2, -0.15) is 0 Å². The standard InChI is InChI=1S/C20H19FN2O3S/c21-15-5-3-14(4-6-15)10-16-12-22-20(26-16)18-13-23(7-8-25-18)19(24)11-17-2-1-9-27-17/h1-6,9,12,18H,7-8,10-11,13H2. The summed E-state index contributed by atoms with van der Waals surface area (Å²) in [7, 11) is 0. The van der Waals surface area contributed by atoms with Gasteiger partial charge in [-0.1, -0.05) is 18.2 Å². The first-order chi connectivity index (χ1) is 13.2. The topological polar surface area (TPSA) is 55.6 Å². The predicted octanol–water partition coefficient (Wildman–Crippen LogP) is 3.61. The molecule has 140 valence electrons. The molecule has 0 saturated carbocycles. The van der Waals surface area contributed by atoms with Gasteiger partial charge < -0.3 is 14.1 Å². The van der Waals surface area contributed by atoms with Gasteiger partial charge in [0.15, 0.2) is 6.10 Å². The Morgan fingerprint density at radius 2 is 2.15 bits per heavy atom. The highest BCUT2D eigenvalue weighted by Crippen LogP contribution is 2.24. The highest BCUT2D eigenvalue weighted by atomic mass is 32.1. The average Bonchev–Trinajstić information content (AvgIpc) is 3.36. The maximum absolute atomic E-state index is 13.0. The first-order valence-electron chi connectivity index (χ1n) is 8.78. The van der Waals surface area contributed by atoms with Crippen molar-refractivity contribution in [1.82, 2.24) is 9.88 Å². The lowest BCUT2D eigenvalue weighted by Crippen LogP contribution is -2.43. The van der Waals surface area contributed by atoms with E-state index >= 15 is 0 Å². The van der Waals surface area contributed by atoms with Crippen LogP contribution in [0.25, 0.3) is 0 Å². The van der Waals surface area contributed by atoms with Crippen LogP contribution in [0.1, 0.15) is 28.2 Å². The molecule has 5 nitrogen and oxygen atoms in total. The zero-order valence-corrected chi connectivity index (χ0v) is 15.5. The fraction of sp³-hybridized carbons (Fsp3) is 0.300. The van der Waals surface area contributed by atoms with Crippen LogP contribution in [-0.2, 0) is 22.4 Å². The number of thiophene rings is 1. The van der Waals surface area contributed by atoms with E-state index in [0.717, 1.165) is 10.4 Å². The van der Waals surface area contributed by atoms with Crippen molar-refractivity contribution < 1.29 is 18.3 Å². The van der Waals surface area contributed by atoms with Gasteiger partial charge in [-0.25, -0.2) is 9.37 Å². The van der Waals surface area contributed by atoms with Crippen LogP contribution in [0.15, 0.2) is 52.4 Å². The lowest BCUT2D eigenvalue weighted by molar-refractivity contribution is -0.139. The molecule has 1 saturated heterocycles. The van der Waals surface area contributed by atoms with Crippen molar-refractivity contribution in [3.8, 4) is 0 Å². The van der Waals surface area contributed by atoms with E-state index in [4.69, 9.17) is 9.15 Å². The van der Waals surface area contributed by atoms with E-state index in [1.807, 2.05) is 17.5 Å². The molecule has 1 amide bonds. The van der Waals surface area contributed by atoms with Gasteiger partial charge in [0.2, 0.25) is 11.8 Å². The molecule has 3 aromatic rings. The number of nitrogens with zero attached hydrogens (tertiary/aromatic N) is 2. The van der Waals surface area contributed by atoms with E-state index < -0.39 is 0 Å². The first-order valence-corrected chi connectivity index (χ1v) is 9.66. The molecule has 0 aliphatic carbocycles. The van der Waals surface area contributed by atoms with Gasteiger partial charge in [-0.15, -0.1) is 11.3 Å². The van der Waals surface area contributed by atoms with Crippen molar-refractivity contribution in [1.29, 1.82) is 0 Å². The number of oxazole rings is 1. The molecule has 2 aromatic heterocycles. The van der Waals surface area contributed by atoms with Gasteiger partial charge in [0.05, 0.1) is 25.8 Å². The summed E-state index contributed by atoms with van der Waals surface area (Å²) in [5.41, 5.74) is 0.941. The normalized spacial score (nSPS) is 17.2. The number of rotatable bonds is 5. The molecule has 1 aromatic carbocycles. The third kappa shape index (κ3) is 4.43. The van der Waals surface area contributed by atoms with Gasteiger partial charge in [0.1, 0.15) is 11.6 Å². The number of hydrogen-bond acceptors (Lipinski definition) is 5. The molecule has 1 aliphatic rings. The molecule has 1 atom stereocenters. The Morgan fingerprint density at radius 1 is 1.30 bits per heavy atom. The Bertz CT molecular complexity index is 892. The Morgan fingerprint density at radius 3 is 2.93 bits per heavy atom. The smallest absolute Gasteiger partial charge is 0.228 e. The summed E-state index contributed by atoms with van der Waals surface area (Å²) < 4.78 is 24.6. The van der Waals surface area contributed by atoms with E-state index in [1.165, 1.54) is 12.1 Å². The molecule has 1 unspecified atom stereocenters. The molecule has 0 bridgehead atoms. The lowest BCUT2D eigenvalue weighted by atomic mass is 10.1. The summed E-state index contributed by atoms with van der Waals surface area (Å²) in [5.74, 6) is 0.978. The van der Waals surface area contributed by atoms with E-state index in [9.17, 15) is 9.18 Å². The molecule has 0 spiro atoms. The maximum atomic E-state index is 13.0. The Balaban J connectivity index is 1.39. The Labute approximate surface area is 160 Å². The number of carbonyl (C=O) groups excluding carboxylic acids is 1. The van der Waals surface area contributed by atoms with Crippen molar-refractivity contribution in [2.75, 3.05) is 19.7 Å². The number of ether oxygens (including phenoxy) is 1. The van der Waals surface area contributed by atoms with Crippen LogP contribution in [0.4, 0.5) is 4.39 Å². The minimum atomic E-state index is -0.368. The van der Waals surface area contributed by atoms with E-state index in [-0.39, 0.29) is 17.8 Å². The summed E-state index contributed by atoms with van der Waals surface area (Å²) in [6.45, 7) is 1.46. The van der Waals surface area contributed by atoms with Crippen LogP contribution in [0.5, 0.6) is 0 Å². The van der Waals surface area contributed by atoms with Crippen LogP contribution in [0.3, 0.4) is 0 Å². The third-order valence-corrected chi connectivity index (χ3v) is 5.34. The lowest BCUT2D eigenvalue weighted by Gasteiger charge is -2.31. The first kappa shape index (κ1) is 17.9. The van der Waals surface area contributed by atoms with Gasteiger partial charge in [-0.3, -0.25) is 4.79 Å². The van der Waals surface area contributed by atoms with Crippen LogP contribution < -0.4 is 0 Å². The molecule has 1 fully saturated rings. The monoisotopic (exact) mass is 386 g/mol. The summed E-state index contributed by atoms with van der Waals surface area (Å²) >= 11 is 1.58. The van der Waals surface area contributed by atoms with Crippen LogP contribution >= 0.6 is 11.3 Å². The summed E-state index contributed by atoms with van der Waals surface area (Å²) in [4.78, 5) is 19.7. The second-order valence-corrected chi connectivity index (χ2v) is 7.46. The van der Waals surface area contributed by atoms with Gasteiger partial charge in [0, 0.05) is 17.8 Å². The van der Waals surface area contributed by atoms with Crippen molar-refractivity contribution in [2.24, 2.45) is 0 Å². The quantitative estimate of drug-likeness (QED) is 0.672. The van der Waals surface area contributed by atoms with E-state index in [2.05, 4.69) is 4.98 Å². The summed E-state index contributed by atoms with van der Waals surface area (Å²) in [5, 5.41) is 1.97. The van der Waals surface area contributed by atoms with Crippen molar-refractivity contribution >= 4 is 17.2 Å². The predicted molar refractivity (Wildman–Crippen MR) is 99.0 cm³/mol. The fourth-order valence-electron chi connectivity index (χ4n) is 3.06. The second kappa shape index (κ2) is 8.02. The van der Waals surface area contributed by atoms with Crippen molar-refractivity contribution in [2.45, 2.75) is 18.9 Å². The van der Waals surface area contributed by atoms with Crippen LogP contribution in [0.2, 0.25) is 0 Å². The van der Waals surface area contributed by atoms with Gasteiger partial charge in [0.25, 0.3) is 0 Å². The molecule has 27 heavy (non-hydrogen) atoms. The van der Waals surface area contributed by atoms with Gasteiger partial charge in [-0.05, 0) is 29.1 Å². The number of carbonyl (C=O) groups is 1. The van der Waals surface area contributed by atoms with Crippen LogP contribution in [-0.4, -0.2) is 35.5 Å². The Hall–Kier alpha value is -2.51. The molecule has 1 aliphatic heterocycles. The molecule has 0 N–H and O–H groups in total. The minimum Gasteiger partial charge on any atom is -0.442 e. The molecular weight excluding hydrogens is 367 g/mol. The van der Waals surface area contributed by atoms with Crippen molar-refractivity contribution in [3.63, 3.8) is 0 Å². The molecular formula is C20H19FN2O3S. The zero-order chi connectivity index (χ0) is 18.6. The average molecular weight is 386 g/mol. The largest absolute Gasteiger partial charge is 0.442 e. The van der Waals surface area contributed by atoms with E-state index in [1.54, 1.807) is 34.6 Å². The van der Waals surface area contributed by atoms with Gasteiger partial charge >= 0.3 is 0 Å². The zero-order valence-electron chi connectivity index (χ0n) is 14.6. The number of amides is 1. The number of halogens is 1. The minimum absolute atomic E-state index is 0.0869. The number of benzene rings is 1. The fourth-order valence-corrected chi connectivity index (χ4v) is 3.75. The van der Waals surface area contributed by atoms with Crippen molar-refractivity contribution in [3.05, 3.63) is 75.9 Å². The highest BCUT2D eigenvalue weighted by molar-refractivity contribution is 7.10. The number of hydrogen-bond donors (Lipinski definition) is 0. The Kier molecular flexibility index (Phi) is 5.31. The highest BCUT2D eigenvalue weighted by Gasteiger charge is 2.28. The summed E-state index contributed by atoms with van der Waals surface area (Å²) in [6, 6.07) is 10.2. The second-order valence-electron chi connectivity index (χ2n) is 6.42. The SMILES string of the molecule is O=C(Cc1cccs1)N1CCOC(c2ncc(Cc3ccc(F)cc3)o2)C1. The summed E-state index contributed by atoms with van der Waals surface area (Å²) in [6.07, 6.45) is 2.23. The van der Waals surface area contributed by atoms with E-state index in [0.29, 0.717) is 44.2 Å². The molecule has 3 heterocycles.